The van der Waals surface area contributed by atoms with Gasteiger partial charge in [0.25, 0.3) is 5.91 Å². The normalized spacial score (nSPS) is 41.0. The molecule has 3 aliphatic heterocycles. The predicted octanol–water partition coefficient (Wildman–Crippen LogP) is 3.23. The molecule has 0 aromatic rings. The molecule has 5 amide bonds. The van der Waals surface area contributed by atoms with Crippen LogP contribution in [-0.2, 0) is 24.0 Å². The van der Waals surface area contributed by atoms with Crippen LogP contribution in [0.15, 0.2) is 12.2 Å². The zero-order valence-electron chi connectivity index (χ0n) is 25.6. The van der Waals surface area contributed by atoms with Crippen LogP contribution in [0.1, 0.15) is 86.0 Å². The van der Waals surface area contributed by atoms with Crippen LogP contribution >= 0.6 is 11.8 Å². The van der Waals surface area contributed by atoms with E-state index in [9.17, 15) is 24.0 Å². The van der Waals surface area contributed by atoms with Crippen molar-refractivity contribution in [1.82, 2.24) is 20.4 Å². The molecular weight excluding hydrogens is 552 g/mol. The van der Waals surface area contributed by atoms with Gasteiger partial charge in [-0.1, -0.05) is 19.9 Å². The minimum atomic E-state index is -0.736. The van der Waals surface area contributed by atoms with Gasteiger partial charge >= 0.3 is 0 Å². The highest BCUT2D eigenvalue weighted by Crippen LogP contribution is 2.65. The fourth-order valence-corrected chi connectivity index (χ4v) is 10.8. The highest BCUT2D eigenvalue weighted by atomic mass is 32.2. The lowest BCUT2D eigenvalue weighted by Gasteiger charge is -2.59. The molecule has 0 aromatic heterocycles. The van der Waals surface area contributed by atoms with Gasteiger partial charge in [0, 0.05) is 35.1 Å². The maximum absolute atomic E-state index is 14.6. The van der Waals surface area contributed by atoms with Crippen LogP contribution in [0.2, 0.25) is 0 Å². The van der Waals surface area contributed by atoms with E-state index in [1.54, 1.807) is 11.0 Å². The van der Waals surface area contributed by atoms with Crippen LogP contribution in [0.25, 0.3) is 0 Å². The highest BCUT2D eigenvalue weighted by Gasteiger charge is 2.62. The molecule has 2 unspecified atom stereocenters. The number of thioether (sulfide) groups is 1. The second-order valence-electron chi connectivity index (χ2n) is 15.1. The van der Waals surface area contributed by atoms with Gasteiger partial charge in [-0.05, 0) is 95.0 Å². The number of hydrogen-bond donors (Lipinski definition) is 2. The average Bonchev–Trinajstić information content (AvgIpc) is 3.66. The second kappa shape index (κ2) is 10.4. The zero-order chi connectivity index (χ0) is 30.2. The summed E-state index contributed by atoms with van der Waals surface area (Å²) in [5.41, 5.74) is -0.997. The van der Waals surface area contributed by atoms with E-state index in [4.69, 9.17) is 0 Å². The lowest BCUT2D eigenvalue weighted by molar-refractivity contribution is -0.162. The Morgan fingerprint density at radius 3 is 2.43 bits per heavy atom. The zero-order valence-corrected chi connectivity index (χ0v) is 26.4. The molecule has 0 aromatic carbocycles. The molecule has 3 heterocycles. The van der Waals surface area contributed by atoms with E-state index in [1.807, 2.05) is 20.8 Å². The van der Waals surface area contributed by atoms with E-state index < -0.39 is 17.6 Å². The fourth-order valence-electron chi connectivity index (χ4n) is 9.68. The summed E-state index contributed by atoms with van der Waals surface area (Å²) in [7, 11) is 0. The molecule has 5 fully saturated rings. The highest BCUT2D eigenvalue weighted by molar-refractivity contribution is 7.99. The number of nitrogens with zero attached hydrogens (tertiary/aromatic N) is 2. The van der Waals surface area contributed by atoms with Crippen LogP contribution in [0.5, 0.6) is 0 Å². The number of rotatable bonds is 3. The second-order valence-corrected chi connectivity index (χ2v) is 16.1. The first-order chi connectivity index (χ1) is 19.8. The summed E-state index contributed by atoms with van der Waals surface area (Å²) in [4.78, 5) is 69.1. The number of hydrogen-bond acceptors (Lipinski definition) is 6. The number of carbonyl (C=O) groups is 5. The first-order valence-corrected chi connectivity index (χ1v) is 17.0. The molecule has 3 aliphatic carbocycles. The van der Waals surface area contributed by atoms with Crippen molar-refractivity contribution in [3.63, 3.8) is 0 Å². The molecule has 0 spiro atoms. The van der Waals surface area contributed by atoms with E-state index >= 15 is 0 Å². The summed E-state index contributed by atoms with van der Waals surface area (Å²) in [5.74, 6) is 1.18. The summed E-state index contributed by atoms with van der Waals surface area (Å²) in [6.07, 6.45) is 10.3. The quantitative estimate of drug-likeness (QED) is 0.482. The maximum Gasteiger partial charge on any atom is 0.253 e. The summed E-state index contributed by atoms with van der Waals surface area (Å²) < 4.78 is 0. The SMILES string of the molecule is CC(C)(C)N(C(=O)C1CSCN1C(=O)C1CCC(=O)N1)C(=O)[C@H]1CC[C@H]2[C@@H]3CC[C@H]4NC(=O)C=C[C@]4(C)[C@H]3CC[C@]12C. The van der Waals surface area contributed by atoms with Gasteiger partial charge in [-0.2, -0.15) is 0 Å². The maximum atomic E-state index is 14.6. The van der Waals surface area contributed by atoms with E-state index in [0.29, 0.717) is 42.2 Å². The van der Waals surface area contributed by atoms with E-state index in [-0.39, 0.29) is 52.3 Å². The minimum absolute atomic E-state index is 0.00367. The van der Waals surface area contributed by atoms with E-state index in [1.165, 1.54) is 16.7 Å². The van der Waals surface area contributed by atoms with Gasteiger partial charge < -0.3 is 15.5 Å². The molecule has 3 saturated carbocycles. The number of amides is 5. The third-order valence-electron chi connectivity index (χ3n) is 11.8. The number of carbonyl (C=O) groups excluding carboxylic acids is 5. The molecule has 10 heteroatoms. The Bertz CT molecular complexity index is 1230. The molecule has 42 heavy (non-hydrogen) atoms. The molecular formula is C32H46N4O5S. The van der Waals surface area contributed by atoms with Crippen molar-refractivity contribution < 1.29 is 24.0 Å². The van der Waals surface area contributed by atoms with Crippen LogP contribution < -0.4 is 10.6 Å². The summed E-state index contributed by atoms with van der Waals surface area (Å²) >= 11 is 1.52. The number of fused-ring (bicyclic) bond motifs is 5. The predicted molar refractivity (Wildman–Crippen MR) is 160 cm³/mol. The van der Waals surface area contributed by atoms with Crippen molar-refractivity contribution in [2.45, 2.75) is 110 Å². The molecule has 9 atom stereocenters. The molecule has 2 N–H and O–H groups in total. The fraction of sp³-hybridized carbons (Fsp3) is 0.781. The Labute approximate surface area is 253 Å². The van der Waals surface area contributed by atoms with Crippen molar-refractivity contribution in [1.29, 1.82) is 0 Å². The van der Waals surface area contributed by atoms with Crippen LogP contribution in [0, 0.1) is 34.5 Å². The Balaban J connectivity index is 1.23. The Kier molecular flexibility index (Phi) is 7.34. The first-order valence-electron chi connectivity index (χ1n) is 15.8. The van der Waals surface area contributed by atoms with Crippen molar-refractivity contribution >= 4 is 41.3 Å². The molecule has 0 bridgehead atoms. The van der Waals surface area contributed by atoms with Gasteiger partial charge in [0.2, 0.25) is 23.6 Å². The molecule has 230 valence electrons. The summed E-state index contributed by atoms with van der Waals surface area (Å²) in [5, 5.41) is 5.96. The summed E-state index contributed by atoms with van der Waals surface area (Å²) in [6.45, 7) is 10.3. The lowest BCUT2D eigenvalue weighted by atomic mass is 9.48. The summed E-state index contributed by atoms with van der Waals surface area (Å²) in [6, 6.07) is -1.15. The van der Waals surface area contributed by atoms with Crippen molar-refractivity contribution in [3.05, 3.63) is 12.2 Å². The Morgan fingerprint density at radius 2 is 1.74 bits per heavy atom. The topological polar surface area (TPSA) is 116 Å². The molecule has 0 radical (unpaired) electrons. The average molecular weight is 599 g/mol. The van der Waals surface area contributed by atoms with Crippen molar-refractivity contribution in [3.8, 4) is 0 Å². The Hall–Kier alpha value is -2.36. The van der Waals surface area contributed by atoms with Crippen LogP contribution in [0.3, 0.4) is 0 Å². The standard InChI is InChI=1S/C32H46N4O5S/c1-30(2,3)36(29(41)23-16-42-17-35(23)28(40)22-9-11-25(37)33-22)27(39)21-8-7-19-18-6-10-24-32(5,15-13-26(38)34-24)20(18)12-14-31(19,21)4/h13,15,18-24H,6-12,14,16-17H2,1-5H3,(H,33,37)(H,34,38)/t18-,19-,20-,21+,22?,23?,24+,31-,32+/m0/s1. The lowest BCUT2D eigenvalue weighted by Crippen LogP contribution is -2.62. The minimum Gasteiger partial charge on any atom is -0.349 e. The monoisotopic (exact) mass is 598 g/mol. The van der Waals surface area contributed by atoms with Crippen LogP contribution in [0.4, 0.5) is 0 Å². The van der Waals surface area contributed by atoms with E-state index in [2.05, 4.69) is 30.6 Å². The third kappa shape index (κ3) is 4.61. The molecule has 9 nitrogen and oxygen atoms in total. The smallest absolute Gasteiger partial charge is 0.253 e. The molecule has 6 rings (SSSR count). The number of nitrogens with one attached hydrogen (secondary N) is 2. The van der Waals surface area contributed by atoms with E-state index in [0.717, 1.165) is 38.5 Å². The molecule has 2 saturated heterocycles. The molecule has 6 aliphatic rings. The van der Waals surface area contributed by atoms with Crippen molar-refractivity contribution in [2.24, 2.45) is 34.5 Å². The van der Waals surface area contributed by atoms with Gasteiger partial charge in [0.1, 0.15) is 12.1 Å². The first kappa shape index (κ1) is 29.7. The van der Waals surface area contributed by atoms with Gasteiger partial charge in [0.05, 0.1) is 5.88 Å². The Morgan fingerprint density at radius 1 is 0.976 bits per heavy atom. The van der Waals surface area contributed by atoms with Crippen molar-refractivity contribution in [2.75, 3.05) is 11.6 Å². The van der Waals surface area contributed by atoms with Gasteiger partial charge in [-0.25, -0.2) is 0 Å². The number of imide groups is 1. The van der Waals surface area contributed by atoms with Gasteiger partial charge in [-0.3, -0.25) is 28.9 Å². The third-order valence-corrected chi connectivity index (χ3v) is 12.9. The van der Waals surface area contributed by atoms with Crippen LogP contribution in [-0.4, -0.2) is 74.6 Å². The van der Waals surface area contributed by atoms with Gasteiger partial charge in [-0.15, -0.1) is 11.8 Å². The van der Waals surface area contributed by atoms with Gasteiger partial charge in [0.15, 0.2) is 0 Å². The largest absolute Gasteiger partial charge is 0.349 e.